The van der Waals surface area contributed by atoms with Crippen LogP contribution in [0.1, 0.15) is 5.56 Å². The topological polar surface area (TPSA) is 52.2 Å². The maximum absolute atomic E-state index is 12.4. The molecule has 4 nitrogen and oxygen atoms in total. The van der Waals surface area contributed by atoms with Crippen molar-refractivity contribution in [2.75, 3.05) is 0 Å². The fraction of sp³-hybridized carbons (Fsp3) is 0.200. The standard InChI is InChI=1S/C10H6F3NO3/c1-14-7-3-2-5(10(11,12)13)4-6(7)8(15)17-9(14)16/h2-4H,1H3. The second-order valence-corrected chi connectivity index (χ2v) is 3.44. The summed E-state index contributed by atoms with van der Waals surface area (Å²) in [6.07, 6.45) is -4.55. The van der Waals surface area contributed by atoms with E-state index in [2.05, 4.69) is 4.42 Å². The molecule has 1 aromatic carbocycles. The minimum Gasteiger partial charge on any atom is -0.372 e. The number of nitrogens with zero attached hydrogens (tertiary/aromatic N) is 1. The van der Waals surface area contributed by atoms with Crippen LogP contribution in [0.2, 0.25) is 0 Å². The number of benzene rings is 1. The van der Waals surface area contributed by atoms with Crippen LogP contribution in [0.25, 0.3) is 10.9 Å². The predicted molar refractivity (Wildman–Crippen MR) is 52.7 cm³/mol. The summed E-state index contributed by atoms with van der Waals surface area (Å²) in [6.45, 7) is 0. The second kappa shape index (κ2) is 3.47. The lowest BCUT2D eigenvalue weighted by molar-refractivity contribution is -0.137. The highest BCUT2D eigenvalue weighted by Crippen LogP contribution is 2.30. The van der Waals surface area contributed by atoms with Crippen molar-refractivity contribution in [3.05, 3.63) is 44.7 Å². The fourth-order valence-corrected chi connectivity index (χ4v) is 1.47. The zero-order valence-corrected chi connectivity index (χ0v) is 8.54. The molecule has 1 heterocycles. The van der Waals surface area contributed by atoms with E-state index in [-0.39, 0.29) is 10.9 Å². The third-order valence-electron chi connectivity index (χ3n) is 2.36. The van der Waals surface area contributed by atoms with Gasteiger partial charge in [0.05, 0.1) is 16.5 Å². The Kier molecular flexibility index (Phi) is 2.34. The summed E-state index contributed by atoms with van der Waals surface area (Å²) in [5, 5.41) is -0.276. The minimum atomic E-state index is -4.55. The van der Waals surface area contributed by atoms with E-state index < -0.39 is 23.1 Å². The molecule has 0 spiro atoms. The molecule has 0 aliphatic heterocycles. The van der Waals surface area contributed by atoms with Crippen LogP contribution < -0.4 is 11.4 Å². The quantitative estimate of drug-likeness (QED) is 0.706. The first kappa shape index (κ1) is 11.4. The molecule has 90 valence electrons. The number of aromatic nitrogens is 1. The molecule has 0 atom stereocenters. The van der Waals surface area contributed by atoms with Gasteiger partial charge in [-0.2, -0.15) is 13.2 Å². The molecule has 17 heavy (non-hydrogen) atoms. The molecule has 0 aliphatic rings. The van der Waals surface area contributed by atoms with E-state index in [1.54, 1.807) is 0 Å². The molecule has 0 saturated heterocycles. The molecule has 0 fully saturated rings. The maximum Gasteiger partial charge on any atom is 0.422 e. The lowest BCUT2D eigenvalue weighted by atomic mass is 10.1. The Labute approximate surface area is 91.9 Å². The van der Waals surface area contributed by atoms with E-state index in [4.69, 9.17) is 0 Å². The van der Waals surface area contributed by atoms with Crippen LogP contribution in [0.15, 0.2) is 32.2 Å². The highest BCUT2D eigenvalue weighted by atomic mass is 19.4. The molecule has 0 unspecified atom stereocenters. The number of aryl methyl sites for hydroxylation is 1. The highest BCUT2D eigenvalue weighted by Gasteiger charge is 2.31. The zero-order chi connectivity index (χ0) is 12.8. The highest BCUT2D eigenvalue weighted by molar-refractivity contribution is 5.78. The Bertz CT molecular complexity index is 696. The lowest BCUT2D eigenvalue weighted by Gasteiger charge is -2.08. The largest absolute Gasteiger partial charge is 0.422 e. The smallest absolute Gasteiger partial charge is 0.372 e. The Balaban J connectivity index is 2.89. The van der Waals surface area contributed by atoms with Gasteiger partial charge in [-0.05, 0) is 18.2 Å². The third-order valence-corrected chi connectivity index (χ3v) is 2.36. The average molecular weight is 245 g/mol. The molecule has 7 heteroatoms. The Morgan fingerprint density at radius 1 is 1.24 bits per heavy atom. The van der Waals surface area contributed by atoms with Gasteiger partial charge < -0.3 is 4.42 Å². The fourth-order valence-electron chi connectivity index (χ4n) is 1.47. The van der Waals surface area contributed by atoms with Crippen LogP contribution in [0.4, 0.5) is 13.2 Å². The van der Waals surface area contributed by atoms with Gasteiger partial charge in [-0.15, -0.1) is 0 Å². The van der Waals surface area contributed by atoms with Gasteiger partial charge in [0.15, 0.2) is 0 Å². The van der Waals surface area contributed by atoms with Crippen molar-refractivity contribution in [2.45, 2.75) is 6.18 Å². The van der Waals surface area contributed by atoms with Crippen LogP contribution >= 0.6 is 0 Å². The SMILES string of the molecule is Cn1c(=O)oc(=O)c2cc(C(F)(F)F)ccc21. The molecule has 0 radical (unpaired) electrons. The van der Waals surface area contributed by atoms with Crippen molar-refractivity contribution < 1.29 is 17.6 Å². The van der Waals surface area contributed by atoms with Gasteiger partial charge in [-0.3, -0.25) is 4.57 Å². The van der Waals surface area contributed by atoms with E-state index in [0.29, 0.717) is 6.07 Å². The summed E-state index contributed by atoms with van der Waals surface area (Å²) in [5.41, 5.74) is -1.94. The molecule has 0 amide bonds. The van der Waals surface area contributed by atoms with E-state index in [9.17, 15) is 22.8 Å². The van der Waals surface area contributed by atoms with Crippen LogP contribution in [0.5, 0.6) is 0 Å². The van der Waals surface area contributed by atoms with Crippen molar-refractivity contribution >= 4 is 10.9 Å². The Hall–Kier alpha value is -2.05. The van der Waals surface area contributed by atoms with Gasteiger partial charge in [0.2, 0.25) is 0 Å². The van der Waals surface area contributed by atoms with Gasteiger partial charge in [-0.25, -0.2) is 9.59 Å². The molecule has 0 aliphatic carbocycles. The Morgan fingerprint density at radius 3 is 2.47 bits per heavy atom. The second-order valence-electron chi connectivity index (χ2n) is 3.44. The molecule has 0 saturated carbocycles. The summed E-state index contributed by atoms with van der Waals surface area (Å²) in [4.78, 5) is 22.4. The third kappa shape index (κ3) is 1.83. The van der Waals surface area contributed by atoms with Gasteiger partial charge >= 0.3 is 17.6 Å². The van der Waals surface area contributed by atoms with Crippen molar-refractivity contribution in [1.29, 1.82) is 0 Å². The molecular formula is C10H6F3NO3. The molecule has 0 N–H and O–H groups in total. The molecular weight excluding hydrogens is 239 g/mol. The van der Waals surface area contributed by atoms with Crippen LogP contribution in [0, 0.1) is 0 Å². The number of fused-ring (bicyclic) bond motifs is 1. The van der Waals surface area contributed by atoms with Gasteiger partial charge in [0, 0.05) is 7.05 Å². The van der Waals surface area contributed by atoms with Crippen molar-refractivity contribution in [3.8, 4) is 0 Å². The van der Waals surface area contributed by atoms with Crippen molar-refractivity contribution in [1.82, 2.24) is 4.57 Å². The molecule has 1 aromatic heterocycles. The predicted octanol–water partition coefficient (Wildman–Crippen LogP) is 1.51. The van der Waals surface area contributed by atoms with Crippen molar-refractivity contribution in [2.24, 2.45) is 7.05 Å². The minimum absolute atomic E-state index is 0.0965. The first-order chi connectivity index (χ1) is 7.80. The molecule has 2 rings (SSSR count). The van der Waals surface area contributed by atoms with E-state index in [1.165, 1.54) is 7.05 Å². The maximum atomic E-state index is 12.4. The van der Waals surface area contributed by atoms with E-state index in [0.717, 1.165) is 16.7 Å². The summed E-state index contributed by atoms with van der Waals surface area (Å²) in [7, 11) is 1.31. The van der Waals surface area contributed by atoms with E-state index in [1.807, 2.05) is 0 Å². The normalized spacial score (nSPS) is 12.0. The van der Waals surface area contributed by atoms with Gasteiger partial charge in [0.25, 0.3) is 0 Å². The van der Waals surface area contributed by atoms with Crippen LogP contribution in [0.3, 0.4) is 0 Å². The Morgan fingerprint density at radius 2 is 1.88 bits per heavy atom. The summed E-state index contributed by atoms with van der Waals surface area (Å²) < 4.78 is 42.5. The first-order valence-electron chi connectivity index (χ1n) is 4.52. The first-order valence-corrected chi connectivity index (χ1v) is 4.52. The summed E-state index contributed by atoms with van der Waals surface area (Å²) >= 11 is 0. The number of hydrogen-bond acceptors (Lipinski definition) is 3. The summed E-state index contributed by atoms with van der Waals surface area (Å²) in [6, 6.07) is 2.54. The average Bonchev–Trinajstić information content (AvgIpc) is 2.24. The van der Waals surface area contributed by atoms with Crippen LogP contribution in [-0.2, 0) is 13.2 Å². The molecule has 2 aromatic rings. The summed E-state index contributed by atoms with van der Waals surface area (Å²) in [5.74, 6) is -0.915. The van der Waals surface area contributed by atoms with Gasteiger partial charge in [0.1, 0.15) is 0 Å². The number of rotatable bonds is 0. The molecule has 0 bridgehead atoms. The lowest BCUT2D eigenvalue weighted by Crippen LogP contribution is -2.22. The number of halogens is 3. The number of alkyl halides is 3. The van der Waals surface area contributed by atoms with E-state index >= 15 is 0 Å². The monoisotopic (exact) mass is 245 g/mol. The van der Waals surface area contributed by atoms with Crippen LogP contribution in [-0.4, -0.2) is 4.57 Å². The zero-order valence-electron chi connectivity index (χ0n) is 8.54. The van der Waals surface area contributed by atoms with Gasteiger partial charge in [-0.1, -0.05) is 0 Å². The van der Waals surface area contributed by atoms with Crippen molar-refractivity contribution in [3.63, 3.8) is 0 Å². The number of hydrogen-bond donors (Lipinski definition) is 0.